The molecule has 0 fully saturated rings. The van der Waals surface area contributed by atoms with Crippen molar-refractivity contribution in [3.8, 4) is 0 Å². The number of aromatic amines is 1. The van der Waals surface area contributed by atoms with E-state index in [2.05, 4.69) is 15.0 Å². The lowest BCUT2D eigenvalue weighted by Gasteiger charge is -2.03. The Labute approximate surface area is 120 Å². The molecule has 0 aliphatic carbocycles. The van der Waals surface area contributed by atoms with E-state index in [1.165, 1.54) is 0 Å². The first kappa shape index (κ1) is 13.9. The second-order valence-corrected chi connectivity index (χ2v) is 5.31. The molecule has 0 aliphatic rings. The van der Waals surface area contributed by atoms with Crippen LogP contribution in [0.15, 0.2) is 28.3 Å². The second-order valence-electron chi connectivity index (χ2n) is 4.32. The molecule has 2 aromatic heterocycles. The van der Waals surface area contributed by atoms with E-state index in [1.54, 1.807) is 12.1 Å². The molecule has 3 rings (SSSR count). The fourth-order valence-electron chi connectivity index (χ4n) is 1.80. The fraction of sp³-hybridized carbons (Fsp3) is 0.0769. The molecule has 0 aliphatic heterocycles. The van der Waals surface area contributed by atoms with Gasteiger partial charge in [0.25, 0.3) is 11.9 Å². The summed E-state index contributed by atoms with van der Waals surface area (Å²) in [6, 6.07) is 5.35. The first-order chi connectivity index (χ1) is 9.95. The molecule has 0 saturated heterocycles. The molecule has 21 heavy (non-hydrogen) atoms. The van der Waals surface area contributed by atoms with Gasteiger partial charge in [-0.1, -0.05) is 6.07 Å². The van der Waals surface area contributed by atoms with Crippen molar-refractivity contribution in [1.29, 1.82) is 0 Å². The van der Waals surface area contributed by atoms with Gasteiger partial charge in [-0.05, 0) is 36.4 Å². The van der Waals surface area contributed by atoms with Crippen molar-refractivity contribution in [3.05, 3.63) is 47.3 Å². The van der Waals surface area contributed by atoms with Gasteiger partial charge in [0.15, 0.2) is 16.8 Å². The summed E-state index contributed by atoms with van der Waals surface area (Å²) in [7, 11) is 0. The van der Waals surface area contributed by atoms with Crippen molar-refractivity contribution >= 4 is 22.8 Å². The zero-order chi connectivity index (χ0) is 15.1. The van der Waals surface area contributed by atoms with Gasteiger partial charge >= 0.3 is 0 Å². The van der Waals surface area contributed by atoms with Crippen molar-refractivity contribution in [2.45, 2.75) is 17.0 Å². The number of rotatable bonds is 2. The Hall–Kier alpha value is -2.09. The number of aromatic nitrogens is 3. The highest BCUT2D eigenvalue weighted by atomic mass is 32.2. The number of nitrogens with one attached hydrogen (secondary N) is 1. The van der Waals surface area contributed by atoms with E-state index in [9.17, 15) is 17.6 Å². The van der Waals surface area contributed by atoms with Gasteiger partial charge in [0.2, 0.25) is 0 Å². The van der Waals surface area contributed by atoms with E-state index < -0.39 is 28.4 Å². The number of H-pyrrole nitrogens is 1. The molecule has 0 spiro atoms. The predicted molar refractivity (Wildman–Crippen MR) is 69.0 cm³/mol. The number of hydrogen-bond acceptors (Lipinski definition) is 3. The fourth-order valence-corrected chi connectivity index (χ4v) is 2.65. The molecule has 3 aromatic rings. The molecule has 2 heterocycles. The molecule has 0 radical (unpaired) electrons. The molecule has 1 aromatic carbocycles. The van der Waals surface area contributed by atoms with E-state index >= 15 is 0 Å². The maximum Gasteiger partial charge on any atom is 0.252 e. The van der Waals surface area contributed by atoms with Crippen LogP contribution in [0.3, 0.4) is 0 Å². The molecule has 0 unspecified atom stereocenters. The maximum atomic E-state index is 13.5. The monoisotopic (exact) mass is 313 g/mol. The highest BCUT2D eigenvalue weighted by Gasteiger charge is 2.22. The summed E-state index contributed by atoms with van der Waals surface area (Å²) in [4.78, 5) is 8.61. The van der Waals surface area contributed by atoms with Gasteiger partial charge in [-0.25, -0.2) is 13.8 Å². The number of hydrogen-bond donors (Lipinski definition) is 1. The molecule has 0 saturated carbocycles. The van der Waals surface area contributed by atoms with Gasteiger partial charge in [-0.3, -0.25) is 0 Å². The number of pyridine rings is 1. The van der Waals surface area contributed by atoms with Gasteiger partial charge in [0.1, 0.15) is 0 Å². The zero-order valence-corrected chi connectivity index (χ0v) is 11.4. The number of imidazole rings is 1. The van der Waals surface area contributed by atoms with Crippen molar-refractivity contribution in [1.82, 2.24) is 15.0 Å². The minimum Gasteiger partial charge on any atom is -0.333 e. The topological polar surface area (TPSA) is 41.6 Å². The molecule has 0 bridgehead atoms. The molecular weight excluding hydrogens is 306 g/mol. The number of aryl methyl sites for hydroxylation is 1. The zero-order valence-electron chi connectivity index (χ0n) is 10.5. The van der Waals surface area contributed by atoms with Crippen LogP contribution in [-0.2, 0) is 0 Å². The van der Waals surface area contributed by atoms with E-state index in [0.29, 0.717) is 22.8 Å². The van der Waals surface area contributed by atoms with Crippen LogP contribution in [0.4, 0.5) is 17.6 Å². The van der Waals surface area contributed by atoms with Crippen LogP contribution in [0.2, 0.25) is 0 Å². The quantitative estimate of drug-likeness (QED) is 0.575. The number of nitrogens with zero attached hydrogens (tertiary/aromatic N) is 2. The molecular formula is C13H7F4N3S. The highest BCUT2D eigenvalue weighted by molar-refractivity contribution is 7.99. The normalized spacial score (nSPS) is 11.3. The Bertz CT molecular complexity index is 821. The average molecular weight is 313 g/mol. The first-order valence-corrected chi connectivity index (χ1v) is 6.61. The lowest BCUT2D eigenvalue weighted by atomic mass is 10.2. The Morgan fingerprint density at radius 1 is 1.00 bits per heavy atom. The summed E-state index contributed by atoms with van der Waals surface area (Å²) < 4.78 is 53.2. The Morgan fingerprint density at radius 2 is 1.67 bits per heavy atom. The van der Waals surface area contributed by atoms with Gasteiger partial charge < -0.3 is 4.98 Å². The summed E-state index contributed by atoms with van der Waals surface area (Å²) in [6.45, 7) is 1.88. The second kappa shape index (κ2) is 5.03. The van der Waals surface area contributed by atoms with Gasteiger partial charge in [-0.2, -0.15) is 13.8 Å². The molecule has 1 N–H and O–H groups in total. The van der Waals surface area contributed by atoms with Gasteiger partial charge in [0.05, 0.1) is 15.9 Å². The van der Waals surface area contributed by atoms with Crippen LogP contribution in [-0.4, -0.2) is 15.0 Å². The van der Waals surface area contributed by atoms with Gasteiger partial charge in [-0.15, -0.1) is 0 Å². The third kappa shape index (κ3) is 2.46. The number of fused-ring (bicyclic) bond motifs is 1. The summed E-state index contributed by atoms with van der Waals surface area (Å²) in [5.41, 5.74) is 2.22. The van der Waals surface area contributed by atoms with Crippen molar-refractivity contribution < 1.29 is 17.6 Å². The van der Waals surface area contributed by atoms with Crippen LogP contribution in [0.5, 0.6) is 0 Å². The van der Waals surface area contributed by atoms with E-state index in [-0.39, 0.29) is 5.16 Å². The Kier molecular flexibility index (Phi) is 3.32. The predicted octanol–water partition coefficient (Wildman–Crippen LogP) is 3.97. The third-order valence-electron chi connectivity index (χ3n) is 2.77. The van der Waals surface area contributed by atoms with Gasteiger partial charge in [0, 0.05) is 0 Å². The first-order valence-electron chi connectivity index (χ1n) is 5.80. The van der Waals surface area contributed by atoms with Crippen molar-refractivity contribution in [3.63, 3.8) is 0 Å². The summed E-state index contributed by atoms with van der Waals surface area (Å²) in [5.74, 6) is -6.47. The molecule has 3 nitrogen and oxygen atoms in total. The lowest BCUT2D eigenvalue weighted by Crippen LogP contribution is -2.02. The highest BCUT2D eigenvalue weighted by Crippen LogP contribution is 2.32. The Morgan fingerprint density at radius 3 is 2.33 bits per heavy atom. The lowest BCUT2D eigenvalue weighted by molar-refractivity contribution is 0.383. The largest absolute Gasteiger partial charge is 0.333 e. The van der Waals surface area contributed by atoms with E-state index in [4.69, 9.17) is 0 Å². The molecule has 0 amide bonds. The SMILES string of the molecule is Cc1ccc2nc(Sc3c(F)c(F)nc(F)c3F)[nH]c2c1. The standard InChI is InChI=1S/C13H7F4N3S/c1-5-2-3-6-7(4-5)19-13(18-6)21-10-8(14)11(16)20-12(17)9(10)15/h2-4H,1H3,(H,18,19). The Balaban J connectivity index is 2.06. The smallest absolute Gasteiger partial charge is 0.252 e. The minimum absolute atomic E-state index is 0.124. The average Bonchev–Trinajstić information content (AvgIpc) is 2.83. The van der Waals surface area contributed by atoms with Crippen LogP contribution in [0, 0.1) is 30.5 Å². The van der Waals surface area contributed by atoms with Crippen molar-refractivity contribution in [2.24, 2.45) is 0 Å². The van der Waals surface area contributed by atoms with Crippen LogP contribution in [0.25, 0.3) is 11.0 Å². The van der Waals surface area contributed by atoms with Crippen molar-refractivity contribution in [2.75, 3.05) is 0 Å². The summed E-state index contributed by atoms with van der Waals surface area (Å²) >= 11 is 0.464. The minimum atomic E-state index is -1.69. The number of benzene rings is 1. The van der Waals surface area contributed by atoms with E-state index in [1.807, 2.05) is 13.0 Å². The van der Waals surface area contributed by atoms with E-state index in [0.717, 1.165) is 5.56 Å². The summed E-state index contributed by atoms with van der Waals surface area (Å²) in [6.07, 6.45) is 0. The van der Waals surface area contributed by atoms with Crippen LogP contribution in [0.1, 0.15) is 5.56 Å². The summed E-state index contributed by atoms with van der Waals surface area (Å²) in [5, 5.41) is 0.124. The van der Waals surface area contributed by atoms with Crippen LogP contribution >= 0.6 is 11.8 Å². The molecule has 108 valence electrons. The molecule has 8 heteroatoms. The maximum absolute atomic E-state index is 13.5. The van der Waals surface area contributed by atoms with Crippen LogP contribution < -0.4 is 0 Å². The number of halogens is 4. The molecule has 0 atom stereocenters. The third-order valence-corrected chi connectivity index (χ3v) is 3.72.